The summed E-state index contributed by atoms with van der Waals surface area (Å²) in [6.45, 7) is 1.11. The zero-order valence-corrected chi connectivity index (χ0v) is 13.1. The van der Waals surface area contributed by atoms with Gasteiger partial charge < -0.3 is 19.9 Å². The van der Waals surface area contributed by atoms with Gasteiger partial charge in [0.05, 0.1) is 12.8 Å². The number of hydrogen-bond donors (Lipinski definition) is 2. The van der Waals surface area contributed by atoms with E-state index in [1.807, 2.05) is 0 Å². The molecule has 0 aliphatic heterocycles. The molecule has 2 aromatic rings. The molecule has 126 valence electrons. The van der Waals surface area contributed by atoms with Gasteiger partial charge in [-0.3, -0.25) is 4.79 Å². The lowest BCUT2D eigenvalue weighted by Crippen LogP contribution is -2.21. The SMILES string of the molecule is COc1ccc(C(=O)OCC(=O)Nc2ccc(C)cc2F)c(O)c1. The molecule has 24 heavy (non-hydrogen) atoms. The molecule has 0 saturated heterocycles. The number of nitrogens with one attached hydrogen (secondary N) is 1. The average Bonchev–Trinajstić information content (AvgIpc) is 2.55. The molecule has 1 amide bonds. The minimum atomic E-state index is -0.880. The van der Waals surface area contributed by atoms with Crippen molar-refractivity contribution in [3.05, 3.63) is 53.3 Å². The summed E-state index contributed by atoms with van der Waals surface area (Å²) in [6, 6.07) is 8.36. The van der Waals surface area contributed by atoms with Crippen LogP contribution in [0.1, 0.15) is 15.9 Å². The van der Waals surface area contributed by atoms with Crippen molar-refractivity contribution in [2.45, 2.75) is 6.92 Å². The Morgan fingerprint density at radius 1 is 1.21 bits per heavy atom. The predicted octanol–water partition coefficient (Wildman–Crippen LogP) is 2.64. The van der Waals surface area contributed by atoms with E-state index in [0.717, 1.165) is 0 Å². The fourth-order valence-electron chi connectivity index (χ4n) is 1.93. The molecule has 2 N–H and O–H groups in total. The Morgan fingerprint density at radius 3 is 2.58 bits per heavy atom. The van der Waals surface area contributed by atoms with Crippen molar-refractivity contribution in [2.75, 3.05) is 19.0 Å². The van der Waals surface area contributed by atoms with Gasteiger partial charge in [0, 0.05) is 6.07 Å². The van der Waals surface area contributed by atoms with Crippen LogP contribution in [0.5, 0.6) is 11.5 Å². The highest BCUT2D eigenvalue weighted by atomic mass is 19.1. The van der Waals surface area contributed by atoms with Crippen LogP contribution in [0.2, 0.25) is 0 Å². The molecule has 0 aromatic heterocycles. The second-order valence-corrected chi connectivity index (χ2v) is 4.99. The minimum Gasteiger partial charge on any atom is -0.507 e. The van der Waals surface area contributed by atoms with Crippen LogP contribution in [0.25, 0.3) is 0 Å². The number of halogens is 1. The average molecular weight is 333 g/mol. The summed E-state index contributed by atoms with van der Waals surface area (Å²) in [5.74, 6) is -2.11. The van der Waals surface area contributed by atoms with E-state index < -0.39 is 24.3 Å². The Morgan fingerprint density at radius 2 is 1.96 bits per heavy atom. The molecule has 6 nitrogen and oxygen atoms in total. The summed E-state index contributed by atoms with van der Waals surface area (Å²) < 4.78 is 23.3. The van der Waals surface area contributed by atoms with Crippen molar-refractivity contribution >= 4 is 17.6 Å². The van der Waals surface area contributed by atoms with Crippen LogP contribution >= 0.6 is 0 Å². The Hall–Kier alpha value is -3.09. The van der Waals surface area contributed by atoms with Gasteiger partial charge in [-0.2, -0.15) is 0 Å². The number of carbonyl (C=O) groups excluding carboxylic acids is 2. The molecule has 0 saturated carbocycles. The lowest BCUT2D eigenvalue weighted by atomic mass is 10.2. The van der Waals surface area contributed by atoms with Crippen LogP contribution < -0.4 is 10.1 Å². The summed E-state index contributed by atoms with van der Waals surface area (Å²) in [4.78, 5) is 23.6. The van der Waals surface area contributed by atoms with Crippen molar-refractivity contribution in [3.8, 4) is 11.5 Å². The number of aryl methyl sites for hydroxylation is 1. The van der Waals surface area contributed by atoms with Crippen LogP contribution in [0.15, 0.2) is 36.4 Å². The molecule has 0 fully saturated rings. The number of rotatable bonds is 5. The Bertz CT molecular complexity index is 776. The predicted molar refractivity (Wildman–Crippen MR) is 84.7 cm³/mol. The topological polar surface area (TPSA) is 84.9 Å². The lowest BCUT2D eigenvalue weighted by molar-refractivity contribution is -0.119. The Balaban J connectivity index is 1.95. The summed E-state index contributed by atoms with van der Waals surface area (Å²) in [5, 5.41) is 12.0. The third kappa shape index (κ3) is 4.22. The number of aromatic hydroxyl groups is 1. The van der Waals surface area contributed by atoms with Crippen LogP contribution in [0.3, 0.4) is 0 Å². The maximum absolute atomic E-state index is 13.6. The van der Waals surface area contributed by atoms with Crippen LogP contribution in [0, 0.1) is 12.7 Å². The smallest absolute Gasteiger partial charge is 0.342 e. The molecule has 7 heteroatoms. The molecule has 0 heterocycles. The number of carbonyl (C=O) groups is 2. The summed E-state index contributed by atoms with van der Waals surface area (Å²) >= 11 is 0. The van der Waals surface area contributed by atoms with Crippen LogP contribution in [-0.2, 0) is 9.53 Å². The largest absolute Gasteiger partial charge is 0.507 e. The van der Waals surface area contributed by atoms with Crippen molar-refractivity contribution in [1.82, 2.24) is 0 Å². The highest BCUT2D eigenvalue weighted by Crippen LogP contribution is 2.24. The molecule has 0 spiro atoms. The fourth-order valence-corrected chi connectivity index (χ4v) is 1.93. The summed E-state index contributed by atoms with van der Waals surface area (Å²) in [6.07, 6.45) is 0. The van der Waals surface area contributed by atoms with Gasteiger partial charge in [0.25, 0.3) is 5.91 Å². The standard InChI is InChI=1S/C17H16FNO5/c1-10-3-6-14(13(18)7-10)19-16(21)9-24-17(22)12-5-4-11(23-2)8-15(12)20/h3-8,20H,9H2,1-2H3,(H,19,21). The van der Waals surface area contributed by atoms with Crippen molar-refractivity contribution in [2.24, 2.45) is 0 Å². The van der Waals surface area contributed by atoms with Crippen molar-refractivity contribution in [3.63, 3.8) is 0 Å². The quantitative estimate of drug-likeness (QED) is 0.822. The molecular weight excluding hydrogens is 317 g/mol. The molecule has 0 bridgehead atoms. The highest BCUT2D eigenvalue weighted by Gasteiger charge is 2.16. The fraction of sp³-hybridized carbons (Fsp3) is 0.176. The maximum atomic E-state index is 13.6. The van der Waals surface area contributed by atoms with Gasteiger partial charge in [-0.1, -0.05) is 6.07 Å². The molecule has 2 rings (SSSR count). The van der Waals surface area contributed by atoms with Crippen LogP contribution in [-0.4, -0.2) is 30.7 Å². The molecule has 0 aliphatic rings. The molecule has 0 radical (unpaired) electrons. The third-order valence-electron chi connectivity index (χ3n) is 3.16. The number of amides is 1. The number of benzene rings is 2. The second kappa shape index (κ2) is 7.45. The van der Waals surface area contributed by atoms with Gasteiger partial charge in [-0.15, -0.1) is 0 Å². The number of ether oxygens (including phenoxy) is 2. The molecule has 0 unspecified atom stereocenters. The number of anilines is 1. The molecule has 0 atom stereocenters. The lowest BCUT2D eigenvalue weighted by Gasteiger charge is -2.09. The van der Waals surface area contributed by atoms with E-state index >= 15 is 0 Å². The minimum absolute atomic E-state index is 0.00561. The monoisotopic (exact) mass is 333 g/mol. The van der Waals surface area contributed by atoms with E-state index in [9.17, 15) is 19.1 Å². The first-order chi connectivity index (χ1) is 11.4. The first-order valence-corrected chi connectivity index (χ1v) is 7.01. The first kappa shape index (κ1) is 17.3. The normalized spacial score (nSPS) is 10.1. The number of methoxy groups -OCH3 is 1. The van der Waals surface area contributed by atoms with E-state index in [1.165, 1.54) is 37.4 Å². The number of phenolic OH excluding ortho intramolecular Hbond substituents is 1. The first-order valence-electron chi connectivity index (χ1n) is 7.01. The van der Waals surface area contributed by atoms with E-state index in [2.05, 4.69) is 5.32 Å². The third-order valence-corrected chi connectivity index (χ3v) is 3.16. The van der Waals surface area contributed by atoms with Crippen molar-refractivity contribution in [1.29, 1.82) is 0 Å². The van der Waals surface area contributed by atoms with E-state index in [0.29, 0.717) is 11.3 Å². The second-order valence-electron chi connectivity index (χ2n) is 4.99. The number of phenols is 1. The Kier molecular flexibility index (Phi) is 5.36. The van der Waals surface area contributed by atoms with Crippen molar-refractivity contribution < 1.29 is 28.6 Å². The van der Waals surface area contributed by atoms with Gasteiger partial charge in [-0.05, 0) is 36.8 Å². The molecule has 0 aliphatic carbocycles. The zero-order chi connectivity index (χ0) is 17.7. The number of esters is 1. The summed E-state index contributed by atoms with van der Waals surface area (Å²) in [7, 11) is 1.42. The van der Waals surface area contributed by atoms with E-state index in [4.69, 9.17) is 9.47 Å². The van der Waals surface area contributed by atoms with Gasteiger partial charge in [0.2, 0.25) is 0 Å². The van der Waals surface area contributed by atoms with Crippen LogP contribution in [0.4, 0.5) is 10.1 Å². The van der Waals surface area contributed by atoms with Gasteiger partial charge >= 0.3 is 5.97 Å². The zero-order valence-electron chi connectivity index (χ0n) is 13.1. The molecular formula is C17H16FNO5. The maximum Gasteiger partial charge on any atom is 0.342 e. The van der Waals surface area contributed by atoms with Gasteiger partial charge in [0.15, 0.2) is 6.61 Å². The van der Waals surface area contributed by atoms with Gasteiger partial charge in [0.1, 0.15) is 22.9 Å². The Labute approximate surface area is 137 Å². The van der Waals surface area contributed by atoms with E-state index in [-0.39, 0.29) is 17.0 Å². The van der Waals surface area contributed by atoms with Gasteiger partial charge in [-0.25, -0.2) is 9.18 Å². The summed E-state index contributed by atoms with van der Waals surface area (Å²) in [5.41, 5.74) is 0.603. The molecule has 2 aromatic carbocycles. The highest BCUT2D eigenvalue weighted by molar-refractivity contribution is 5.96. The van der Waals surface area contributed by atoms with E-state index in [1.54, 1.807) is 13.0 Å². The number of hydrogen-bond acceptors (Lipinski definition) is 5.